The number of ether oxygens (including phenoxy) is 2. The smallest absolute Gasteiger partial charge is 0.441 e. The van der Waals surface area contributed by atoms with E-state index in [0.29, 0.717) is 5.01 Å². The van der Waals surface area contributed by atoms with Crippen molar-refractivity contribution in [2.75, 3.05) is 12.1 Å². The number of carbonyl (C=O) groups is 1. The van der Waals surface area contributed by atoms with Crippen molar-refractivity contribution in [3.8, 4) is 11.5 Å². The zero-order chi connectivity index (χ0) is 15.9. The van der Waals surface area contributed by atoms with E-state index in [1.807, 2.05) is 0 Å². The lowest BCUT2D eigenvalue weighted by Gasteiger charge is -2.17. The van der Waals surface area contributed by atoms with Crippen LogP contribution in [0.15, 0.2) is 53.6 Å². The van der Waals surface area contributed by atoms with Gasteiger partial charge in [0, 0.05) is 0 Å². The molecule has 0 saturated heterocycles. The van der Waals surface area contributed by atoms with Crippen molar-refractivity contribution in [3.05, 3.63) is 54.3 Å². The van der Waals surface area contributed by atoms with Crippen molar-refractivity contribution < 1.29 is 23.5 Å². The molecule has 0 heterocycles. The van der Waals surface area contributed by atoms with E-state index in [4.69, 9.17) is 9.47 Å². The van der Waals surface area contributed by atoms with Gasteiger partial charge in [0.2, 0.25) is 0 Å². The number of anilines is 1. The van der Waals surface area contributed by atoms with Crippen LogP contribution >= 0.6 is 0 Å². The lowest BCUT2D eigenvalue weighted by molar-refractivity contribution is 0.205. The van der Waals surface area contributed by atoms with Gasteiger partial charge in [-0.05, 0) is 24.3 Å². The molecule has 6 nitrogen and oxygen atoms in total. The van der Waals surface area contributed by atoms with E-state index >= 15 is 0 Å². The first-order valence-corrected chi connectivity index (χ1v) is 6.14. The van der Waals surface area contributed by atoms with Gasteiger partial charge in [0.25, 0.3) is 6.08 Å². The largest absolute Gasteiger partial charge is 0.494 e. The number of amides is 1. The third kappa shape index (κ3) is 3.28. The zero-order valence-electron chi connectivity index (χ0n) is 11.5. The summed E-state index contributed by atoms with van der Waals surface area (Å²) in [5.41, 5.74) is 0.162. The number of para-hydroxylation sites is 3. The van der Waals surface area contributed by atoms with E-state index < -0.39 is 11.9 Å². The maximum absolute atomic E-state index is 13.5. The highest BCUT2D eigenvalue weighted by molar-refractivity contribution is 5.91. The van der Waals surface area contributed by atoms with E-state index in [2.05, 4.69) is 5.10 Å². The lowest BCUT2D eigenvalue weighted by atomic mass is 10.3. The fourth-order valence-electron chi connectivity index (χ4n) is 1.70. The Hall–Kier alpha value is -3.18. The van der Waals surface area contributed by atoms with Crippen molar-refractivity contribution in [2.24, 2.45) is 5.10 Å². The number of benzene rings is 2. The molecular weight excluding hydrogens is 291 g/mol. The van der Waals surface area contributed by atoms with E-state index in [0.717, 1.165) is 6.07 Å². The van der Waals surface area contributed by atoms with Gasteiger partial charge in [-0.2, -0.15) is 5.01 Å². The van der Waals surface area contributed by atoms with Crippen LogP contribution in [0.3, 0.4) is 0 Å². The second-order valence-electron chi connectivity index (χ2n) is 3.97. The van der Waals surface area contributed by atoms with Crippen LogP contribution in [-0.2, 0) is 4.79 Å². The minimum absolute atomic E-state index is 0.162. The molecule has 0 saturated carbocycles. The highest BCUT2D eigenvalue weighted by atomic mass is 19.1. The summed E-state index contributed by atoms with van der Waals surface area (Å²) in [6.07, 6.45) is 0.178. The summed E-state index contributed by atoms with van der Waals surface area (Å²) in [6.45, 7) is 0. The van der Waals surface area contributed by atoms with Crippen molar-refractivity contribution in [1.29, 1.82) is 0 Å². The molecule has 1 amide bonds. The molecule has 0 spiro atoms. The third-order valence-electron chi connectivity index (χ3n) is 2.66. The zero-order valence-corrected chi connectivity index (χ0v) is 11.5. The normalized spacial score (nSPS) is 9.55. The van der Waals surface area contributed by atoms with Crippen LogP contribution in [0.25, 0.3) is 0 Å². The minimum atomic E-state index is -1.07. The number of methoxy groups -OCH3 is 1. The van der Waals surface area contributed by atoms with E-state index in [9.17, 15) is 14.0 Å². The van der Waals surface area contributed by atoms with Gasteiger partial charge in [0.05, 0.1) is 7.11 Å². The lowest BCUT2D eigenvalue weighted by Crippen LogP contribution is -2.29. The minimum Gasteiger partial charge on any atom is -0.494 e. The molecule has 0 aliphatic heterocycles. The Morgan fingerprint density at radius 2 is 1.77 bits per heavy atom. The molecule has 0 radical (unpaired) electrons. The maximum Gasteiger partial charge on any atom is 0.441 e. The number of hydrogen-bond acceptors (Lipinski definition) is 5. The van der Waals surface area contributed by atoms with E-state index in [1.54, 1.807) is 18.2 Å². The molecule has 0 aliphatic carbocycles. The Labute approximate surface area is 125 Å². The molecule has 0 N–H and O–H groups in total. The number of nitrogens with zero attached hydrogens (tertiary/aromatic N) is 2. The molecule has 7 heteroatoms. The van der Waals surface area contributed by atoms with Crippen LogP contribution in [0.5, 0.6) is 11.5 Å². The third-order valence-corrected chi connectivity index (χ3v) is 2.66. The van der Waals surface area contributed by atoms with E-state index in [1.165, 1.54) is 37.5 Å². The maximum atomic E-state index is 13.5. The summed E-state index contributed by atoms with van der Waals surface area (Å²) in [5.74, 6) is -0.716. The first-order valence-electron chi connectivity index (χ1n) is 6.14. The Morgan fingerprint density at radius 1 is 1.14 bits per heavy atom. The molecule has 0 aromatic heterocycles. The first-order chi connectivity index (χ1) is 10.7. The molecule has 0 atom stereocenters. The molecule has 0 aliphatic rings. The predicted octanol–water partition coefficient (Wildman–Crippen LogP) is 3.09. The second-order valence-corrected chi connectivity index (χ2v) is 3.97. The summed E-state index contributed by atoms with van der Waals surface area (Å²) in [6, 6.07) is 11.7. The molecule has 2 aromatic rings. The molecular formula is C15H11FN2O4. The van der Waals surface area contributed by atoms with E-state index in [-0.39, 0.29) is 17.2 Å². The van der Waals surface area contributed by atoms with Gasteiger partial charge in [0.1, 0.15) is 11.4 Å². The monoisotopic (exact) mass is 302 g/mol. The molecule has 22 heavy (non-hydrogen) atoms. The summed E-state index contributed by atoms with van der Waals surface area (Å²) < 4.78 is 23.5. The SMILES string of the molecule is COc1ccccc1N(N=C=O)C(=O)Oc1ccccc1F. The standard InChI is InChI=1S/C15H11FN2O4/c1-21-14-9-5-3-7-12(14)18(17-10-19)15(20)22-13-8-4-2-6-11(13)16/h2-9H,1H3. The van der Waals surface area contributed by atoms with Gasteiger partial charge in [-0.1, -0.05) is 29.4 Å². The van der Waals surface area contributed by atoms with Gasteiger partial charge in [-0.15, -0.1) is 0 Å². The quantitative estimate of drug-likeness (QED) is 0.494. The summed E-state index contributed by atoms with van der Waals surface area (Å²) in [4.78, 5) is 22.7. The average molecular weight is 302 g/mol. The molecule has 112 valence electrons. The number of hydrazone groups is 1. The molecule has 2 aromatic carbocycles. The first kappa shape index (κ1) is 15.2. The average Bonchev–Trinajstić information content (AvgIpc) is 2.54. The van der Waals surface area contributed by atoms with Gasteiger partial charge in [0.15, 0.2) is 11.6 Å². The summed E-state index contributed by atoms with van der Waals surface area (Å²) in [7, 11) is 1.39. The summed E-state index contributed by atoms with van der Waals surface area (Å²) in [5, 5.41) is 3.92. The van der Waals surface area contributed by atoms with Crippen molar-refractivity contribution in [2.45, 2.75) is 0 Å². The van der Waals surface area contributed by atoms with Crippen molar-refractivity contribution >= 4 is 17.9 Å². The van der Waals surface area contributed by atoms with Crippen LogP contribution in [-0.4, -0.2) is 19.3 Å². The molecule has 2 rings (SSSR count). The van der Waals surface area contributed by atoms with Crippen LogP contribution in [0.4, 0.5) is 14.9 Å². The fraction of sp³-hybridized carbons (Fsp3) is 0.0667. The van der Waals surface area contributed by atoms with Crippen LogP contribution < -0.4 is 14.5 Å². The molecule has 0 fully saturated rings. The highest BCUT2D eigenvalue weighted by Crippen LogP contribution is 2.29. The second kappa shape index (κ2) is 7.01. The fourth-order valence-corrected chi connectivity index (χ4v) is 1.70. The number of hydrogen-bond donors (Lipinski definition) is 0. The Bertz CT molecular complexity index is 729. The van der Waals surface area contributed by atoms with Crippen LogP contribution in [0.1, 0.15) is 0 Å². The van der Waals surface area contributed by atoms with Gasteiger partial charge in [-0.3, -0.25) is 0 Å². The number of isocyanates is 1. The van der Waals surface area contributed by atoms with Crippen molar-refractivity contribution in [3.63, 3.8) is 0 Å². The molecule has 0 unspecified atom stereocenters. The Kier molecular flexibility index (Phi) is 4.85. The van der Waals surface area contributed by atoms with Gasteiger partial charge >= 0.3 is 6.09 Å². The Balaban J connectivity index is 2.34. The number of halogens is 1. The van der Waals surface area contributed by atoms with Gasteiger partial charge < -0.3 is 9.47 Å². The predicted molar refractivity (Wildman–Crippen MR) is 76.0 cm³/mol. The molecule has 0 bridgehead atoms. The highest BCUT2D eigenvalue weighted by Gasteiger charge is 2.22. The number of carbonyl (C=O) groups excluding carboxylic acids is 2. The van der Waals surface area contributed by atoms with Crippen LogP contribution in [0.2, 0.25) is 0 Å². The van der Waals surface area contributed by atoms with Gasteiger partial charge in [-0.25, -0.2) is 14.0 Å². The number of rotatable bonds is 4. The Morgan fingerprint density at radius 3 is 2.41 bits per heavy atom. The van der Waals surface area contributed by atoms with Crippen molar-refractivity contribution in [1.82, 2.24) is 0 Å². The topological polar surface area (TPSA) is 68.2 Å². The summed E-state index contributed by atoms with van der Waals surface area (Å²) >= 11 is 0. The van der Waals surface area contributed by atoms with Crippen LogP contribution in [0, 0.1) is 5.82 Å².